The van der Waals surface area contributed by atoms with Gasteiger partial charge in [-0.15, -0.1) is 0 Å². The molecule has 0 aliphatic heterocycles. The molecule has 6 heteroatoms. The number of hydrogen-bond acceptors (Lipinski definition) is 5. The lowest BCUT2D eigenvalue weighted by molar-refractivity contribution is 0.102. The smallest absolute Gasteiger partial charge is 0.275 e. The molecule has 104 valence electrons. The summed E-state index contributed by atoms with van der Waals surface area (Å²) in [6.45, 7) is 0. The van der Waals surface area contributed by atoms with Gasteiger partial charge in [-0.05, 0) is 18.2 Å². The molecule has 0 aliphatic rings. The molecular formula is C15H12N4O2. The van der Waals surface area contributed by atoms with Crippen LogP contribution in [0, 0.1) is 0 Å². The Labute approximate surface area is 120 Å². The number of carbonyl (C=O) groups excluding carboxylic acids is 1. The Hall–Kier alpha value is -3.02. The van der Waals surface area contributed by atoms with Gasteiger partial charge in [0.15, 0.2) is 0 Å². The van der Waals surface area contributed by atoms with Crippen LogP contribution < -0.4 is 10.1 Å². The lowest BCUT2D eigenvalue weighted by Gasteiger charge is -2.06. The number of amides is 1. The average molecular weight is 280 g/mol. The van der Waals surface area contributed by atoms with E-state index in [4.69, 9.17) is 4.74 Å². The van der Waals surface area contributed by atoms with Gasteiger partial charge < -0.3 is 10.1 Å². The lowest BCUT2D eigenvalue weighted by Crippen LogP contribution is -2.14. The van der Waals surface area contributed by atoms with Crippen molar-refractivity contribution in [3.63, 3.8) is 0 Å². The normalized spacial score (nSPS) is 10.3. The van der Waals surface area contributed by atoms with E-state index in [0.29, 0.717) is 17.1 Å². The molecule has 2 heterocycles. The third kappa shape index (κ3) is 2.79. The number of nitrogens with zero attached hydrogens (tertiary/aromatic N) is 3. The summed E-state index contributed by atoms with van der Waals surface area (Å²) in [5.74, 6) is 0.0962. The first kappa shape index (κ1) is 13.0. The number of pyridine rings is 1. The highest BCUT2D eigenvalue weighted by Crippen LogP contribution is 2.15. The van der Waals surface area contributed by atoms with Crippen LogP contribution in [-0.2, 0) is 0 Å². The molecular weight excluding hydrogens is 268 g/mol. The van der Waals surface area contributed by atoms with Crippen molar-refractivity contribution in [2.75, 3.05) is 12.4 Å². The second-order valence-electron chi connectivity index (χ2n) is 4.28. The van der Waals surface area contributed by atoms with Crippen LogP contribution in [0.4, 0.5) is 5.69 Å². The largest absolute Gasteiger partial charge is 0.481 e. The summed E-state index contributed by atoms with van der Waals surface area (Å²) in [6.07, 6.45) is 3.01. The molecule has 0 spiro atoms. The minimum atomic E-state index is -0.332. The van der Waals surface area contributed by atoms with Crippen molar-refractivity contribution in [1.29, 1.82) is 0 Å². The molecule has 6 nitrogen and oxygen atoms in total. The van der Waals surface area contributed by atoms with Crippen molar-refractivity contribution in [1.82, 2.24) is 15.0 Å². The highest BCUT2D eigenvalue weighted by molar-refractivity contribution is 6.03. The van der Waals surface area contributed by atoms with Gasteiger partial charge in [0.1, 0.15) is 5.69 Å². The van der Waals surface area contributed by atoms with E-state index in [1.165, 1.54) is 13.3 Å². The molecule has 0 radical (unpaired) electrons. The number of methoxy groups -OCH3 is 1. The van der Waals surface area contributed by atoms with E-state index in [1.807, 2.05) is 24.3 Å². The van der Waals surface area contributed by atoms with Crippen LogP contribution in [0.2, 0.25) is 0 Å². The second kappa shape index (κ2) is 5.54. The Morgan fingerprint density at radius 2 is 1.95 bits per heavy atom. The fourth-order valence-electron chi connectivity index (χ4n) is 1.86. The fraction of sp³-hybridized carbons (Fsp3) is 0.0667. The molecule has 3 rings (SSSR count). The minimum Gasteiger partial charge on any atom is -0.481 e. The van der Waals surface area contributed by atoms with Crippen LogP contribution in [0.5, 0.6) is 5.88 Å². The van der Waals surface area contributed by atoms with Crippen molar-refractivity contribution < 1.29 is 9.53 Å². The molecule has 0 aliphatic carbocycles. The van der Waals surface area contributed by atoms with Crippen molar-refractivity contribution in [3.8, 4) is 5.88 Å². The number of rotatable bonds is 3. The number of fused-ring (bicyclic) bond motifs is 1. The Morgan fingerprint density at radius 1 is 1.14 bits per heavy atom. The molecule has 2 aromatic heterocycles. The maximum Gasteiger partial charge on any atom is 0.275 e. The lowest BCUT2D eigenvalue weighted by atomic mass is 10.3. The van der Waals surface area contributed by atoms with Crippen molar-refractivity contribution >= 4 is 22.6 Å². The summed E-state index contributed by atoms with van der Waals surface area (Å²) in [7, 11) is 1.52. The summed E-state index contributed by atoms with van der Waals surface area (Å²) in [5, 5.41) is 2.74. The van der Waals surface area contributed by atoms with Crippen LogP contribution >= 0.6 is 0 Å². The SMILES string of the molecule is COc1cc(NC(=O)c2cnc3ccccc3n2)ccn1. The molecule has 21 heavy (non-hydrogen) atoms. The molecule has 0 fully saturated rings. The van der Waals surface area contributed by atoms with E-state index in [1.54, 1.807) is 18.3 Å². The van der Waals surface area contributed by atoms with E-state index in [9.17, 15) is 4.79 Å². The van der Waals surface area contributed by atoms with Gasteiger partial charge in [-0.2, -0.15) is 0 Å². The molecule has 0 saturated carbocycles. The fourth-order valence-corrected chi connectivity index (χ4v) is 1.86. The number of ether oxygens (including phenoxy) is 1. The molecule has 0 saturated heterocycles. The summed E-state index contributed by atoms with van der Waals surface area (Å²) in [4.78, 5) is 24.7. The van der Waals surface area contributed by atoms with Crippen molar-refractivity contribution in [2.45, 2.75) is 0 Å². The predicted molar refractivity (Wildman–Crippen MR) is 78.3 cm³/mol. The molecule has 0 bridgehead atoms. The first-order chi connectivity index (χ1) is 10.3. The van der Waals surface area contributed by atoms with Gasteiger partial charge in [-0.1, -0.05) is 12.1 Å². The summed E-state index contributed by atoms with van der Waals surface area (Å²) in [5.41, 5.74) is 2.27. The topological polar surface area (TPSA) is 77.0 Å². The highest BCUT2D eigenvalue weighted by atomic mass is 16.5. The highest BCUT2D eigenvalue weighted by Gasteiger charge is 2.10. The van der Waals surface area contributed by atoms with Gasteiger partial charge in [-0.3, -0.25) is 9.78 Å². The molecule has 1 amide bonds. The summed E-state index contributed by atoms with van der Waals surface area (Å²) < 4.78 is 5.01. The van der Waals surface area contributed by atoms with Crippen molar-refractivity contribution in [2.24, 2.45) is 0 Å². The first-order valence-electron chi connectivity index (χ1n) is 6.29. The zero-order valence-corrected chi connectivity index (χ0v) is 11.3. The Bertz CT molecular complexity index is 804. The van der Waals surface area contributed by atoms with E-state index in [-0.39, 0.29) is 11.6 Å². The summed E-state index contributed by atoms with van der Waals surface area (Å²) >= 11 is 0. The second-order valence-corrected chi connectivity index (χ2v) is 4.28. The number of aromatic nitrogens is 3. The maximum atomic E-state index is 12.2. The van der Waals surface area contributed by atoms with Gasteiger partial charge in [-0.25, -0.2) is 9.97 Å². The van der Waals surface area contributed by atoms with Crippen LogP contribution in [-0.4, -0.2) is 28.0 Å². The van der Waals surface area contributed by atoms with Crippen LogP contribution in [0.1, 0.15) is 10.5 Å². The third-order valence-electron chi connectivity index (χ3n) is 2.88. The number of hydrogen-bond donors (Lipinski definition) is 1. The van der Waals surface area contributed by atoms with Gasteiger partial charge in [0.25, 0.3) is 5.91 Å². The van der Waals surface area contributed by atoms with Gasteiger partial charge in [0.2, 0.25) is 5.88 Å². The third-order valence-corrected chi connectivity index (χ3v) is 2.88. The van der Waals surface area contributed by atoms with E-state index < -0.39 is 0 Å². The zero-order valence-electron chi connectivity index (χ0n) is 11.3. The number of benzene rings is 1. The molecule has 1 N–H and O–H groups in total. The van der Waals surface area contributed by atoms with E-state index >= 15 is 0 Å². The van der Waals surface area contributed by atoms with Crippen LogP contribution in [0.15, 0.2) is 48.8 Å². The zero-order chi connectivity index (χ0) is 14.7. The van der Waals surface area contributed by atoms with Gasteiger partial charge in [0, 0.05) is 18.0 Å². The molecule has 3 aromatic rings. The quantitative estimate of drug-likeness (QED) is 0.796. The van der Waals surface area contributed by atoms with Crippen LogP contribution in [0.25, 0.3) is 11.0 Å². The van der Waals surface area contributed by atoms with Crippen LogP contribution in [0.3, 0.4) is 0 Å². The standard InChI is InChI=1S/C15H12N4O2/c1-21-14-8-10(6-7-16-14)18-15(20)13-9-17-11-4-2-3-5-12(11)19-13/h2-9H,1H3,(H,16,18,20). The number of carbonyl (C=O) groups is 1. The summed E-state index contributed by atoms with van der Waals surface area (Å²) in [6, 6.07) is 10.7. The minimum absolute atomic E-state index is 0.254. The van der Waals surface area contributed by atoms with Crippen molar-refractivity contribution in [3.05, 3.63) is 54.5 Å². The monoisotopic (exact) mass is 280 g/mol. The van der Waals surface area contributed by atoms with E-state index in [2.05, 4.69) is 20.3 Å². The van der Waals surface area contributed by atoms with E-state index in [0.717, 1.165) is 5.52 Å². The Balaban J connectivity index is 1.86. The predicted octanol–water partition coefficient (Wildman–Crippen LogP) is 2.29. The Kier molecular flexibility index (Phi) is 3.42. The van der Waals surface area contributed by atoms with Gasteiger partial charge >= 0.3 is 0 Å². The average Bonchev–Trinajstić information content (AvgIpc) is 2.54. The maximum absolute atomic E-state index is 12.2. The molecule has 0 unspecified atom stereocenters. The number of para-hydroxylation sites is 2. The first-order valence-corrected chi connectivity index (χ1v) is 6.29. The Morgan fingerprint density at radius 3 is 2.76 bits per heavy atom. The number of anilines is 1. The molecule has 1 aromatic carbocycles. The number of nitrogens with one attached hydrogen (secondary N) is 1. The molecule has 0 atom stereocenters. The van der Waals surface area contributed by atoms with Gasteiger partial charge in [0.05, 0.1) is 24.3 Å².